The molecule has 5 aliphatic rings. The topological polar surface area (TPSA) is 57.2 Å². The van der Waals surface area contributed by atoms with Crippen LogP contribution in [0.1, 0.15) is 78.7 Å². The van der Waals surface area contributed by atoms with E-state index in [0.29, 0.717) is 11.3 Å². The Kier molecular flexibility index (Phi) is 4.64. The van der Waals surface area contributed by atoms with E-state index < -0.39 is 23.9 Å². The fourth-order valence-corrected chi connectivity index (χ4v) is 7.12. The number of ether oxygens (including phenoxy) is 2. The van der Waals surface area contributed by atoms with Crippen LogP contribution < -0.4 is 15.1 Å². The van der Waals surface area contributed by atoms with Gasteiger partial charge in [-0.05, 0) is 82.6 Å². The highest BCUT2D eigenvalue weighted by atomic mass is 16.7. The van der Waals surface area contributed by atoms with Gasteiger partial charge >= 0.3 is 13.1 Å². The highest BCUT2D eigenvalue weighted by molar-refractivity contribution is 6.62. The summed E-state index contributed by atoms with van der Waals surface area (Å²) in [7, 11) is -0.517. The third-order valence-corrected chi connectivity index (χ3v) is 9.75. The molecule has 6 nitrogen and oxygen atoms in total. The Balaban J connectivity index is 1.37. The van der Waals surface area contributed by atoms with Crippen molar-refractivity contribution in [3.63, 3.8) is 0 Å². The van der Waals surface area contributed by atoms with Gasteiger partial charge in [-0.2, -0.15) is 0 Å². The van der Waals surface area contributed by atoms with E-state index in [1.807, 2.05) is 42.5 Å². The molecule has 1 spiro atoms. The molecule has 3 aromatic rings. The van der Waals surface area contributed by atoms with Crippen molar-refractivity contribution in [2.24, 2.45) is 0 Å². The summed E-state index contributed by atoms with van der Waals surface area (Å²) >= 11 is 0. The molecule has 198 valence electrons. The molecule has 0 saturated carbocycles. The molecule has 5 aliphatic heterocycles. The zero-order valence-electron chi connectivity index (χ0n) is 22.9. The molecule has 0 aliphatic carbocycles. The molecule has 5 heterocycles. The fourth-order valence-electron chi connectivity index (χ4n) is 7.12. The first-order valence-corrected chi connectivity index (χ1v) is 14.1. The molecule has 0 unspecified atom stereocenters. The maximum atomic E-state index is 13.4. The van der Waals surface area contributed by atoms with Crippen LogP contribution in [0.5, 0.6) is 11.5 Å². The molecule has 1 fully saturated rings. The average Bonchev–Trinajstić information content (AvgIpc) is 3.34. The van der Waals surface area contributed by atoms with E-state index in [1.165, 1.54) is 16.8 Å². The quantitative estimate of drug-likeness (QED) is 0.322. The molecule has 0 aromatic heterocycles. The number of hydrogen-bond donors (Lipinski definition) is 0. The van der Waals surface area contributed by atoms with Gasteiger partial charge in [-0.25, -0.2) is 4.79 Å². The first-order chi connectivity index (χ1) is 18.7. The third-order valence-electron chi connectivity index (χ3n) is 9.75. The van der Waals surface area contributed by atoms with E-state index in [9.17, 15) is 4.79 Å². The monoisotopic (exact) mass is 521 g/mol. The van der Waals surface area contributed by atoms with Crippen LogP contribution in [0.3, 0.4) is 0 Å². The molecule has 8 rings (SSSR count). The number of anilines is 1. The van der Waals surface area contributed by atoms with Gasteiger partial charge in [0.25, 0.3) is 0 Å². The van der Waals surface area contributed by atoms with Crippen molar-refractivity contribution >= 4 is 24.2 Å². The molecule has 0 bridgehead atoms. The van der Waals surface area contributed by atoms with Crippen LogP contribution in [0.25, 0.3) is 0 Å². The average molecular weight is 521 g/mol. The Labute approximate surface area is 229 Å². The van der Waals surface area contributed by atoms with E-state index in [1.54, 1.807) is 0 Å². The summed E-state index contributed by atoms with van der Waals surface area (Å²) in [4.78, 5) is 15.9. The van der Waals surface area contributed by atoms with E-state index in [0.717, 1.165) is 66.7 Å². The molecule has 0 amide bonds. The van der Waals surface area contributed by atoms with Crippen molar-refractivity contribution in [1.29, 1.82) is 0 Å². The van der Waals surface area contributed by atoms with Gasteiger partial charge in [0.15, 0.2) is 5.60 Å². The highest BCUT2D eigenvalue weighted by Gasteiger charge is 2.56. The van der Waals surface area contributed by atoms with Gasteiger partial charge in [0.2, 0.25) is 0 Å². The van der Waals surface area contributed by atoms with Gasteiger partial charge in [-0.15, -0.1) is 0 Å². The summed E-state index contributed by atoms with van der Waals surface area (Å²) in [6.45, 7) is 10.4. The number of fused-ring (bicyclic) bond motifs is 7. The van der Waals surface area contributed by atoms with Crippen LogP contribution >= 0.6 is 0 Å². The van der Waals surface area contributed by atoms with Crippen LogP contribution in [0.15, 0.2) is 48.5 Å². The molecule has 1 atom stereocenters. The van der Waals surface area contributed by atoms with Crippen LogP contribution in [-0.4, -0.2) is 37.4 Å². The van der Waals surface area contributed by atoms with Gasteiger partial charge in [0.05, 0.1) is 16.8 Å². The van der Waals surface area contributed by atoms with E-state index in [-0.39, 0.29) is 5.97 Å². The lowest BCUT2D eigenvalue weighted by Gasteiger charge is -2.42. The first kappa shape index (κ1) is 23.6. The third kappa shape index (κ3) is 3.03. The van der Waals surface area contributed by atoms with Crippen molar-refractivity contribution in [3.05, 3.63) is 81.9 Å². The van der Waals surface area contributed by atoms with Crippen molar-refractivity contribution in [1.82, 2.24) is 0 Å². The number of benzene rings is 3. The second-order valence-corrected chi connectivity index (χ2v) is 12.5. The maximum Gasteiger partial charge on any atom is 0.494 e. The minimum atomic E-state index is -1.06. The maximum absolute atomic E-state index is 13.4. The Morgan fingerprint density at radius 3 is 2.38 bits per heavy atom. The van der Waals surface area contributed by atoms with E-state index in [4.69, 9.17) is 18.8 Å². The molecule has 0 N–H and O–H groups in total. The lowest BCUT2D eigenvalue weighted by atomic mass is 9.72. The highest BCUT2D eigenvalue weighted by Crippen LogP contribution is 2.59. The predicted molar refractivity (Wildman–Crippen MR) is 149 cm³/mol. The van der Waals surface area contributed by atoms with Crippen LogP contribution in [0.2, 0.25) is 0 Å². The number of carbonyl (C=O) groups is 1. The van der Waals surface area contributed by atoms with Crippen LogP contribution in [0, 0.1) is 0 Å². The smallest absolute Gasteiger partial charge is 0.456 e. The molecular formula is C32H32BNO5. The van der Waals surface area contributed by atoms with Crippen molar-refractivity contribution in [2.75, 3.05) is 18.0 Å². The van der Waals surface area contributed by atoms with Gasteiger partial charge in [-0.3, -0.25) is 0 Å². The summed E-state index contributed by atoms with van der Waals surface area (Å²) < 4.78 is 26.1. The zero-order valence-corrected chi connectivity index (χ0v) is 22.9. The normalized spacial score (nSPS) is 25.0. The number of carbonyl (C=O) groups excluding carboxylic acids is 1. The van der Waals surface area contributed by atoms with Crippen LogP contribution in [0.4, 0.5) is 5.69 Å². The Bertz CT molecular complexity index is 1560. The summed E-state index contributed by atoms with van der Waals surface area (Å²) in [6, 6.07) is 16.1. The molecule has 0 radical (unpaired) electrons. The minimum Gasteiger partial charge on any atom is -0.456 e. The summed E-state index contributed by atoms with van der Waals surface area (Å²) in [5.74, 6) is 1.22. The summed E-state index contributed by atoms with van der Waals surface area (Å²) in [5.41, 5.74) is 6.08. The number of nitrogens with zero attached hydrogens (tertiary/aromatic N) is 1. The Morgan fingerprint density at radius 1 is 0.846 bits per heavy atom. The predicted octanol–water partition coefficient (Wildman–Crippen LogP) is 5.25. The number of esters is 1. The largest absolute Gasteiger partial charge is 0.494 e. The zero-order chi connectivity index (χ0) is 26.7. The number of rotatable bonds is 1. The molecule has 3 aromatic carbocycles. The van der Waals surface area contributed by atoms with E-state index in [2.05, 4.69) is 38.7 Å². The SMILES string of the molecule is CC1(C)OB(c2ccc3c(c2)Oc2c(cc4c5c2CCCN5CCC4)[C@@]32OC(=O)c3ccccc32)OC1(C)C. The van der Waals surface area contributed by atoms with Crippen LogP contribution in [-0.2, 0) is 32.5 Å². The summed E-state index contributed by atoms with van der Waals surface area (Å²) in [5, 5.41) is 0. The van der Waals surface area contributed by atoms with Gasteiger partial charge in [-0.1, -0.05) is 30.3 Å². The molecule has 39 heavy (non-hydrogen) atoms. The lowest BCUT2D eigenvalue weighted by Crippen LogP contribution is -2.41. The minimum absolute atomic E-state index is 0.299. The van der Waals surface area contributed by atoms with Gasteiger partial charge in [0, 0.05) is 41.0 Å². The standard InChI is InChI=1S/C32H32BNO5/c1-30(2)31(3,4)39-33(38-30)20-13-14-24-26(18-20)36-28-22-11-8-16-34-15-7-9-19(27(22)34)17-25(28)32(24)23-12-6-5-10-21(23)29(35)37-32/h5-6,10,12-14,17-18H,7-9,11,15-16H2,1-4H3/t32-/m0/s1. The Hall–Kier alpha value is -3.29. The lowest BCUT2D eigenvalue weighted by molar-refractivity contribution is 0.00578. The van der Waals surface area contributed by atoms with Crippen molar-refractivity contribution in [2.45, 2.75) is 70.2 Å². The molecular weight excluding hydrogens is 489 g/mol. The fraction of sp³-hybridized carbons (Fsp3) is 0.406. The summed E-state index contributed by atoms with van der Waals surface area (Å²) in [6.07, 6.45) is 4.17. The Morgan fingerprint density at radius 2 is 1.59 bits per heavy atom. The number of aryl methyl sites for hydroxylation is 1. The first-order valence-electron chi connectivity index (χ1n) is 14.1. The van der Waals surface area contributed by atoms with Crippen molar-refractivity contribution in [3.8, 4) is 11.5 Å². The van der Waals surface area contributed by atoms with E-state index >= 15 is 0 Å². The van der Waals surface area contributed by atoms with Gasteiger partial charge < -0.3 is 23.7 Å². The second kappa shape index (κ2) is 7.67. The van der Waals surface area contributed by atoms with Gasteiger partial charge in [0.1, 0.15) is 11.5 Å². The second-order valence-electron chi connectivity index (χ2n) is 12.5. The van der Waals surface area contributed by atoms with Crippen molar-refractivity contribution < 1.29 is 23.6 Å². The molecule has 1 saturated heterocycles. The molecule has 7 heteroatoms. The number of hydrogen-bond acceptors (Lipinski definition) is 6.